The summed E-state index contributed by atoms with van der Waals surface area (Å²) in [6.45, 7) is 3.27. The zero-order chi connectivity index (χ0) is 29.6. The van der Waals surface area contributed by atoms with Crippen LogP contribution in [0.4, 0.5) is 23.2 Å². The molecule has 1 aliphatic heterocycles. The van der Waals surface area contributed by atoms with E-state index in [-0.39, 0.29) is 28.3 Å². The Bertz CT molecular complexity index is 1250. The molecule has 208 valence electrons. The van der Waals surface area contributed by atoms with E-state index in [2.05, 4.69) is 30.1 Å². The van der Waals surface area contributed by atoms with Gasteiger partial charge in [0.15, 0.2) is 0 Å². The molecule has 0 unspecified atom stereocenters. The molecule has 3 N–H and O–H groups in total. The molecule has 0 saturated heterocycles. The SMILES string of the molecule is COC(=O)c1cc(N)c(O)cc1C.COC(=O)c1cc2c(cc1C)OC(F)(F)C(=O)C2.O=C(Br)C(F)(F)Br. The van der Waals surface area contributed by atoms with Crippen molar-refractivity contribution in [2.24, 2.45) is 0 Å². The second-order valence-corrected chi connectivity index (χ2v) is 9.19. The molecule has 1 heterocycles. The van der Waals surface area contributed by atoms with E-state index < -0.39 is 39.8 Å². The second-order valence-electron chi connectivity index (χ2n) is 7.47. The normalized spacial score (nSPS) is 13.4. The van der Waals surface area contributed by atoms with Gasteiger partial charge in [-0.2, -0.15) is 17.6 Å². The average Bonchev–Trinajstić information content (AvgIpc) is 2.81. The fourth-order valence-corrected chi connectivity index (χ4v) is 2.80. The van der Waals surface area contributed by atoms with E-state index in [0.29, 0.717) is 16.7 Å². The number of phenolic OH excluding ortho intramolecular Hbond substituents is 1. The fraction of sp³-hybridized carbons (Fsp3) is 0.304. The van der Waals surface area contributed by atoms with Gasteiger partial charge in [0.2, 0.25) is 5.78 Å². The summed E-state index contributed by atoms with van der Waals surface area (Å²) in [6, 6.07) is 5.49. The number of nitrogens with two attached hydrogens (primary N) is 1. The number of aryl methyl sites for hydroxylation is 2. The Morgan fingerprint density at radius 2 is 1.47 bits per heavy atom. The van der Waals surface area contributed by atoms with E-state index in [0.717, 1.165) is 0 Å². The van der Waals surface area contributed by atoms with Crippen molar-refractivity contribution in [2.75, 3.05) is 20.0 Å². The molecule has 1 aliphatic rings. The molecular formula is C23H21Br2F4NO8. The zero-order valence-corrected chi connectivity index (χ0v) is 23.3. The van der Waals surface area contributed by atoms with Crippen LogP contribution in [-0.2, 0) is 25.5 Å². The van der Waals surface area contributed by atoms with Crippen molar-refractivity contribution < 1.29 is 56.1 Å². The topological polar surface area (TPSA) is 142 Å². The minimum Gasteiger partial charge on any atom is -0.506 e. The van der Waals surface area contributed by atoms with Gasteiger partial charge < -0.3 is 25.1 Å². The first-order valence-electron chi connectivity index (χ1n) is 10.1. The number of rotatable bonds is 3. The lowest BCUT2D eigenvalue weighted by molar-refractivity contribution is -0.193. The molecule has 0 amide bonds. The molecule has 15 heteroatoms. The van der Waals surface area contributed by atoms with Gasteiger partial charge in [-0.15, -0.1) is 0 Å². The number of benzene rings is 2. The third-order valence-electron chi connectivity index (χ3n) is 4.73. The number of nitrogen functional groups attached to an aromatic ring is 1. The second kappa shape index (κ2) is 13.0. The van der Waals surface area contributed by atoms with Crippen LogP contribution >= 0.6 is 31.9 Å². The number of esters is 2. The number of methoxy groups -OCH3 is 2. The third kappa shape index (κ3) is 8.68. The van der Waals surface area contributed by atoms with Crippen LogP contribution in [0.5, 0.6) is 11.5 Å². The minimum atomic E-state index is -3.80. The molecule has 2 aromatic rings. The number of halogens is 6. The average molecular weight is 675 g/mol. The monoisotopic (exact) mass is 673 g/mol. The van der Waals surface area contributed by atoms with E-state index in [1.165, 1.54) is 38.5 Å². The number of Topliss-reactive ketones (excluding diaryl/α,β-unsaturated/α-hetero) is 1. The Balaban J connectivity index is 0.000000316. The van der Waals surface area contributed by atoms with E-state index in [1.807, 2.05) is 15.9 Å². The Labute approximate surface area is 230 Å². The van der Waals surface area contributed by atoms with E-state index in [1.54, 1.807) is 13.8 Å². The molecule has 38 heavy (non-hydrogen) atoms. The van der Waals surface area contributed by atoms with E-state index in [9.17, 15) is 41.8 Å². The first-order valence-corrected chi connectivity index (χ1v) is 11.7. The van der Waals surface area contributed by atoms with Crippen molar-refractivity contribution in [2.45, 2.75) is 31.2 Å². The molecule has 2 aromatic carbocycles. The van der Waals surface area contributed by atoms with Crippen LogP contribution in [0.3, 0.4) is 0 Å². The number of carbonyl (C=O) groups excluding carboxylic acids is 4. The van der Waals surface area contributed by atoms with Gasteiger partial charge in [-0.1, -0.05) is 0 Å². The van der Waals surface area contributed by atoms with Crippen molar-refractivity contribution in [1.29, 1.82) is 0 Å². The Kier molecular flexibility index (Phi) is 11.3. The number of phenols is 1. The molecule has 0 bridgehead atoms. The van der Waals surface area contributed by atoms with E-state index >= 15 is 0 Å². The summed E-state index contributed by atoms with van der Waals surface area (Å²) >= 11 is 3.87. The molecule has 0 saturated carbocycles. The van der Waals surface area contributed by atoms with Crippen LogP contribution in [0, 0.1) is 13.8 Å². The molecule has 9 nitrogen and oxygen atoms in total. The maximum atomic E-state index is 13.1. The number of aromatic hydroxyl groups is 1. The highest BCUT2D eigenvalue weighted by Crippen LogP contribution is 2.35. The smallest absolute Gasteiger partial charge is 0.461 e. The molecule has 0 spiro atoms. The van der Waals surface area contributed by atoms with Crippen LogP contribution in [0.2, 0.25) is 0 Å². The fourth-order valence-electron chi connectivity index (χ4n) is 2.80. The van der Waals surface area contributed by atoms with Crippen LogP contribution in [0.1, 0.15) is 37.4 Å². The molecule has 0 aliphatic carbocycles. The molecule has 0 radical (unpaired) electrons. The number of hydrogen-bond donors (Lipinski definition) is 2. The summed E-state index contributed by atoms with van der Waals surface area (Å²) < 4.78 is 61.0. The van der Waals surface area contributed by atoms with Gasteiger partial charge in [-0.3, -0.25) is 9.59 Å². The van der Waals surface area contributed by atoms with Crippen molar-refractivity contribution in [1.82, 2.24) is 0 Å². The molecule has 0 atom stereocenters. The zero-order valence-electron chi connectivity index (χ0n) is 20.2. The van der Waals surface area contributed by atoms with Gasteiger partial charge in [0, 0.05) is 27.9 Å². The predicted octanol–water partition coefficient (Wildman–Crippen LogP) is 4.84. The summed E-state index contributed by atoms with van der Waals surface area (Å²) in [4.78, 5) is 39.9. The molecular weight excluding hydrogens is 654 g/mol. The standard InChI is InChI=1S/C12H10F2O4.C9H11NO3.C2Br2F2O/c1-6-3-9-7(4-8(6)11(16)17-2)5-10(15)12(13,14)18-9;1-5-3-8(11)7(10)4-6(5)9(12)13-2;3-1(7)2(4,5)6/h3-4H,5H2,1-2H3;3-4,11H,10H2,1-2H3;. The number of carbonyl (C=O) groups is 4. The highest BCUT2D eigenvalue weighted by atomic mass is 79.9. The maximum Gasteiger partial charge on any atom is 0.461 e. The summed E-state index contributed by atoms with van der Waals surface area (Å²) in [7, 11) is 2.52. The number of hydrogen-bond acceptors (Lipinski definition) is 9. The molecule has 0 aromatic heterocycles. The van der Waals surface area contributed by atoms with Crippen LogP contribution < -0.4 is 10.5 Å². The minimum absolute atomic E-state index is 0.0230. The van der Waals surface area contributed by atoms with Crippen molar-refractivity contribution in [3.8, 4) is 11.5 Å². The van der Waals surface area contributed by atoms with Crippen molar-refractivity contribution in [3.63, 3.8) is 0 Å². The maximum absolute atomic E-state index is 13.1. The lowest BCUT2D eigenvalue weighted by atomic mass is 9.98. The van der Waals surface area contributed by atoms with Crippen molar-refractivity contribution >= 4 is 60.0 Å². The third-order valence-corrected chi connectivity index (χ3v) is 6.12. The highest BCUT2D eigenvalue weighted by Gasteiger charge is 2.45. The lowest BCUT2D eigenvalue weighted by Crippen LogP contribution is -2.40. The predicted molar refractivity (Wildman–Crippen MR) is 133 cm³/mol. The first kappa shape index (κ1) is 32.8. The van der Waals surface area contributed by atoms with Crippen molar-refractivity contribution in [3.05, 3.63) is 52.1 Å². The molecule has 0 fully saturated rings. The summed E-state index contributed by atoms with van der Waals surface area (Å²) in [5.41, 5.74) is 7.55. The Morgan fingerprint density at radius 3 is 1.92 bits per heavy atom. The van der Waals surface area contributed by atoms with Gasteiger partial charge in [0.25, 0.3) is 4.69 Å². The van der Waals surface area contributed by atoms with Crippen LogP contribution in [0.25, 0.3) is 0 Å². The first-order chi connectivity index (χ1) is 17.3. The number of ketones is 1. The van der Waals surface area contributed by atoms with Gasteiger partial charge in [-0.05, 0) is 65.2 Å². The van der Waals surface area contributed by atoms with Gasteiger partial charge in [0.05, 0.1) is 31.0 Å². The highest BCUT2D eigenvalue weighted by molar-refractivity contribution is 9.20. The summed E-state index contributed by atoms with van der Waals surface area (Å²) in [5.74, 6) is -2.46. The van der Waals surface area contributed by atoms with Gasteiger partial charge in [0.1, 0.15) is 11.5 Å². The number of alkyl halides is 5. The van der Waals surface area contributed by atoms with E-state index in [4.69, 9.17) is 5.73 Å². The number of fused-ring (bicyclic) bond motifs is 1. The largest absolute Gasteiger partial charge is 0.506 e. The lowest BCUT2D eigenvalue weighted by Gasteiger charge is -2.24. The van der Waals surface area contributed by atoms with Gasteiger partial charge >= 0.3 is 22.9 Å². The Hall–Kier alpha value is -3.20. The van der Waals surface area contributed by atoms with Crippen LogP contribution in [0.15, 0.2) is 24.3 Å². The summed E-state index contributed by atoms with van der Waals surface area (Å²) in [6.07, 6.45) is -4.27. The quantitative estimate of drug-likeness (QED) is 0.117. The summed E-state index contributed by atoms with van der Waals surface area (Å²) in [5, 5.41) is 9.20. The van der Waals surface area contributed by atoms with Gasteiger partial charge in [-0.25, -0.2) is 9.59 Å². The van der Waals surface area contributed by atoms with Crippen LogP contribution in [-0.4, -0.2) is 52.7 Å². The number of ether oxygens (including phenoxy) is 3. The molecule has 3 rings (SSSR count). The Morgan fingerprint density at radius 1 is 1.03 bits per heavy atom. The number of anilines is 1.